The zero-order chi connectivity index (χ0) is 27.6. The van der Waals surface area contributed by atoms with Crippen molar-refractivity contribution in [3.8, 4) is 0 Å². The Morgan fingerprint density at radius 2 is 1.28 bits per heavy atom. The van der Waals surface area contributed by atoms with Gasteiger partial charge in [0.1, 0.15) is 0 Å². The molecule has 5 rings (SSSR count). The standard InChI is InChI=1S/C36H42NP.Tl/c1-8-17-31-27(24-28(35(2,3)4)25-32(31)36(5,6)7)26-37-33-22-15-16-23-34(33)38(29-18-11-9-12-19-29)30-20-13-10-14-21-30;/h9-16,18-25H,1,8,17,26H2,2-7H3;/q-1;+1. The molecule has 0 atom stereocenters. The van der Waals surface area contributed by atoms with Crippen LogP contribution in [0.25, 0.3) is 0 Å². The monoisotopic (exact) mass is 724 g/mol. The molecule has 0 fully saturated rings. The second-order valence-corrected chi connectivity index (χ2v) is 21.1. The van der Waals surface area contributed by atoms with E-state index < -0.39 is 32.5 Å². The molecule has 199 valence electrons. The third kappa shape index (κ3) is 6.52. The summed E-state index contributed by atoms with van der Waals surface area (Å²) in [7, 11) is -0.632. The van der Waals surface area contributed by atoms with E-state index in [-0.39, 0.29) is 10.8 Å². The van der Waals surface area contributed by atoms with Crippen LogP contribution < -0.4 is 18.6 Å². The van der Waals surface area contributed by atoms with Gasteiger partial charge in [0.25, 0.3) is 0 Å². The summed E-state index contributed by atoms with van der Waals surface area (Å²) in [5, 5.41) is 4.36. The van der Waals surface area contributed by atoms with E-state index in [1.54, 1.807) is 16.7 Å². The Balaban J connectivity index is 1.65. The van der Waals surface area contributed by atoms with Crippen molar-refractivity contribution in [3.05, 3.63) is 119 Å². The van der Waals surface area contributed by atoms with Crippen LogP contribution in [0.5, 0.6) is 0 Å². The average molecular weight is 724 g/mol. The Hall–Kier alpha value is -1.97. The first-order valence-electron chi connectivity index (χ1n) is 14.4. The second-order valence-electron chi connectivity index (χ2n) is 12.9. The number of hydrogen-bond donors (Lipinski definition) is 0. The first kappa shape index (κ1) is 28.6. The Morgan fingerprint density at radius 3 is 1.87 bits per heavy atom. The maximum atomic E-state index is 2.90. The molecule has 0 aliphatic carbocycles. The Bertz CT molecular complexity index is 1360. The van der Waals surface area contributed by atoms with Crippen molar-refractivity contribution < 1.29 is 0 Å². The van der Waals surface area contributed by atoms with Gasteiger partial charge in [-0.2, -0.15) is 0 Å². The molecular formula is C36H42NPTl. The van der Waals surface area contributed by atoms with Crippen molar-refractivity contribution in [2.75, 3.05) is 2.71 Å². The molecule has 0 N–H and O–H groups in total. The predicted molar refractivity (Wildman–Crippen MR) is 174 cm³/mol. The zero-order valence-electron chi connectivity index (χ0n) is 24.5. The Labute approximate surface area is 250 Å². The summed E-state index contributed by atoms with van der Waals surface area (Å²) in [6.07, 6.45) is 2.56. The summed E-state index contributed by atoms with van der Waals surface area (Å²) in [6.45, 7) is 15.3. The molecule has 0 unspecified atom stereocenters. The molecule has 4 aromatic rings. The molecule has 1 aliphatic rings. The van der Waals surface area contributed by atoms with Crippen molar-refractivity contribution >= 4 is 54.1 Å². The van der Waals surface area contributed by atoms with Crippen molar-refractivity contribution in [1.82, 2.24) is 0 Å². The first-order chi connectivity index (χ1) is 18.6. The molecule has 3 heteroatoms. The average Bonchev–Trinajstić information content (AvgIpc) is 2.89. The number of fused-ring (bicyclic) bond motifs is 1. The van der Waals surface area contributed by atoms with E-state index in [2.05, 4.69) is 141 Å². The van der Waals surface area contributed by atoms with E-state index in [0.717, 1.165) is 6.54 Å². The van der Waals surface area contributed by atoms with Gasteiger partial charge in [-0.25, -0.2) is 0 Å². The number of hydrogen-bond acceptors (Lipinski definition) is 1. The molecule has 0 radical (unpaired) electrons. The number of rotatable bonds is 4. The van der Waals surface area contributed by atoms with Gasteiger partial charge in [0, 0.05) is 0 Å². The van der Waals surface area contributed by atoms with E-state index in [1.165, 1.54) is 44.0 Å². The fraction of sp³-hybridized carbons (Fsp3) is 0.333. The minimum atomic E-state index is -1.20. The third-order valence-electron chi connectivity index (χ3n) is 7.80. The van der Waals surface area contributed by atoms with Gasteiger partial charge in [-0.15, -0.1) is 0 Å². The maximum absolute atomic E-state index is 2.90. The molecule has 0 bridgehead atoms. The normalized spacial score (nSPS) is 14.2. The van der Waals surface area contributed by atoms with Crippen LogP contribution in [-0.2, 0) is 23.8 Å². The Morgan fingerprint density at radius 1 is 0.692 bits per heavy atom. The van der Waals surface area contributed by atoms with Crippen LogP contribution in [0.1, 0.15) is 70.2 Å². The Kier molecular flexibility index (Phi) is 8.69. The molecule has 0 saturated carbocycles. The molecule has 1 heterocycles. The van der Waals surface area contributed by atoms with Gasteiger partial charge in [0.2, 0.25) is 0 Å². The summed E-state index contributed by atoms with van der Waals surface area (Å²) in [5.41, 5.74) is 8.00. The van der Waals surface area contributed by atoms with Crippen LogP contribution in [0.3, 0.4) is 0 Å². The van der Waals surface area contributed by atoms with Crippen LogP contribution >= 0.6 is 7.92 Å². The van der Waals surface area contributed by atoms with E-state index in [1.807, 2.05) is 0 Å². The van der Waals surface area contributed by atoms with Crippen molar-refractivity contribution in [3.63, 3.8) is 0 Å². The van der Waals surface area contributed by atoms with Crippen molar-refractivity contribution in [1.29, 1.82) is 0 Å². The molecule has 4 aromatic carbocycles. The molecule has 1 aliphatic heterocycles. The summed E-state index contributed by atoms with van der Waals surface area (Å²) < 4.78 is 4.32. The van der Waals surface area contributed by atoms with Gasteiger partial charge in [-0.05, 0) is 0 Å². The minimum absolute atomic E-state index is 0.137. The molecule has 0 spiro atoms. The quantitative estimate of drug-likeness (QED) is 0.152. The second kappa shape index (κ2) is 11.9. The summed E-state index contributed by atoms with van der Waals surface area (Å²) in [4.78, 5) is 0. The van der Waals surface area contributed by atoms with Gasteiger partial charge in [-0.1, -0.05) is 0 Å². The number of para-hydroxylation sites is 1. The number of benzene rings is 4. The van der Waals surface area contributed by atoms with Gasteiger partial charge in [0.05, 0.1) is 0 Å². The summed E-state index contributed by atoms with van der Waals surface area (Å²) >= 11 is -1.20. The third-order valence-corrected chi connectivity index (χ3v) is 16.4. The zero-order valence-corrected chi connectivity index (χ0v) is 29.9. The SMILES string of the molecule is CC(C)(C)c1cc2c(c(C(C)(C)C)c1)CC[CH2][Tl][N](c1ccccc1P(c1ccccc1)c1ccccc1)C2. The topological polar surface area (TPSA) is 3.24 Å². The van der Waals surface area contributed by atoms with Crippen molar-refractivity contribution in [2.45, 2.75) is 75.7 Å². The van der Waals surface area contributed by atoms with Crippen LogP contribution in [0.15, 0.2) is 97.1 Å². The van der Waals surface area contributed by atoms with Crippen LogP contribution in [0.4, 0.5) is 5.69 Å². The molecule has 0 amide bonds. The number of anilines is 1. The van der Waals surface area contributed by atoms with Gasteiger partial charge in [0.15, 0.2) is 0 Å². The van der Waals surface area contributed by atoms with Crippen LogP contribution in [0, 0.1) is 0 Å². The van der Waals surface area contributed by atoms with E-state index >= 15 is 0 Å². The predicted octanol–water partition coefficient (Wildman–Crippen LogP) is 8.03. The van der Waals surface area contributed by atoms with Gasteiger partial charge >= 0.3 is 252 Å². The molecule has 39 heavy (non-hydrogen) atoms. The summed E-state index contributed by atoms with van der Waals surface area (Å²) in [6, 6.07) is 36.8. The molecule has 0 saturated heterocycles. The first-order valence-corrected chi connectivity index (χ1v) is 20.9. The van der Waals surface area contributed by atoms with Crippen LogP contribution in [-0.4, -0.2) is 24.5 Å². The van der Waals surface area contributed by atoms with E-state index in [9.17, 15) is 0 Å². The fourth-order valence-corrected chi connectivity index (χ4v) is 14.2. The fourth-order valence-electron chi connectivity index (χ4n) is 5.71. The van der Waals surface area contributed by atoms with E-state index in [4.69, 9.17) is 0 Å². The summed E-state index contributed by atoms with van der Waals surface area (Å²) in [5.74, 6) is 0. The molecule has 1 nitrogen and oxygen atoms in total. The number of nitrogens with zero attached hydrogens (tertiary/aromatic N) is 1. The molecular weight excluding hydrogens is 682 g/mol. The van der Waals surface area contributed by atoms with E-state index in [0.29, 0.717) is 0 Å². The van der Waals surface area contributed by atoms with Gasteiger partial charge in [-0.3, -0.25) is 0 Å². The van der Waals surface area contributed by atoms with Crippen LogP contribution in [0.2, 0.25) is 3.98 Å². The van der Waals surface area contributed by atoms with Crippen molar-refractivity contribution in [2.24, 2.45) is 0 Å². The van der Waals surface area contributed by atoms with Gasteiger partial charge < -0.3 is 0 Å². The molecule has 0 aromatic heterocycles.